The summed E-state index contributed by atoms with van der Waals surface area (Å²) in [6.45, 7) is 0.644. The first-order valence-corrected chi connectivity index (χ1v) is 8.83. The molecule has 130 valence electrons. The highest BCUT2D eigenvalue weighted by atomic mass is 32.1. The second kappa shape index (κ2) is 7.05. The fourth-order valence-electron chi connectivity index (χ4n) is 2.56. The first-order chi connectivity index (χ1) is 12.7. The Hall–Kier alpha value is -3.06. The maximum Gasteiger partial charge on any atom is 0.261 e. The molecule has 0 saturated carbocycles. The second-order valence-corrected chi connectivity index (χ2v) is 6.61. The van der Waals surface area contributed by atoms with Gasteiger partial charge in [0.2, 0.25) is 0 Å². The number of hydrogen-bond acceptors (Lipinski definition) is 5. The van der Waals surface area contributed by atoms with Crippen LogP contribution in [0.4, 0.5) is 4.39 Å². The number of benzene rings is 2. The smallest absolute Gasteiger partial charge is 0.261 e. The van der Waals surface area contributed by atoms with Crippen LogP contribution < -0.4 is 10.3 Å². The first-order valence-electron chi connectivity index (χ1n) is 7.95. The van der Waals surface area contributed by atoms with Crippen molar-refractivity contribution in [3.05, 3.63) is 87.1 Å². The second-order valence-electron chi connectivity index (χ2n) is 5.67. The van der Waals surface area contributed by atoms with Gasteiger partial charge in [-0.3, -0.25) is 9.36 Å². The minimum Gasteiger partial charge on any atom is -0.486 e. The molecular formula is C19H14FN3O2S. The Morgan fingerprint density at radius 3 is 2.77 bits per heavy atom. The van der Waals surface area contributed by atoms with Crippen molar-refractivity contribution in [2.24, 2.45) is 0 Å². The lowest BCUT2D eigenvalue weighted by atomic mass is 10.2. The van der Waals surface area contributed by atoms with Crippen LogP contribution in [0.5, 0.6) is 5.75 Å². The Kier molecular flexibility index (Phi) is 4.45. The molecule has 0 fully saturated rings. The van der Waals surface area contributed by atoms with Crippen molar-refractivity contribution in [3.63, 3.8) is 0 Å². The summed E-state index contributed by atoms with van der Waals surface area (Å²) in [5.74, 6) is 0.279. The van der Waals surface area contributed by atoms with Gasteiger partial charge in [0.05, 0.1) is 29.5 Å². The van der Waals surface area contributed by atoms with Crippen molar-refractivity contribution in [3.8, 4) is 5.75 Å². The van der Waals surface area contributed by atoms with E-state index in [2.05, 4.69) is 9.97 Å². The third-order valence-corrected chi connectivity index (χ3v) is 4.71. The summed E-state index contributed by atoms with van der Waals surface area (Å²) in [6, 6.07) is 13.1. The molecule has 0 N–H and O–H groups in total. The van der Waals surface area contributed by atoms with E-state index in [-0.39, 0.29) is 11.4 Å². The van der Waals surface area contributed by atoms with Gasteiger partial charge >= 0.3 is 0 Å². The lowest BCUT2D eigenvalue weighted by Gasteiger charge is -2.05. The van der Waals surface area contributed by atoms with Crippen molar-refractivity contribution in [1.82, 2.24) is 14.5 Å². The molecule has 2 heterocycles. The van der Waals surface area contributed by atoms with E-state index < -0.39 is 0 Å². The van der Waals surface area contributed by atoms with Gasteiger partial charge in [-0.1, -0.05) is 12.1 Å². The van der Waals surface area contributed by atoms with Crippen LogP contribution >= 0.6 is 11.3 Å². The molecule has 7 heteroatoms. The van der Waals surface area contributed by atoms with Gasteiger partial charge in [0.15, 0.2) is 0 Å². The van der Waals surface area contributed by atoms with Crippen LogP contribution in [0.1, 0.15) is 10.7 Å². The molecule has 0 aliphatic rings. The van der Waals surface area contributed by atoms with Gasteiger partial charge < -0.3 is 4.74 Å². The van der Waals surface area contributed by atoms with E-state index in [1.807, 2.05) is 23.6 Å². The Bertz CT molecular complexity index is 1110. The summed E-state index contributed by atoms with van der Waals surface area (Å²) in [4.78, 5) is 21.3. The van der Waals surface area contributed by atoms with Gasteiger partial charge in [0.1, 0.15) is 23.2 Å². The molecule has 0 aliphatic carbocycles. The maximum atomic E-state index is 12.9. The number of ether oxygens (including phenoxy) is 1. The predicted molar refractivity (Wildman–Crippen MR) is 98.0 cm³/mol. The summed E-state index contributed by atoms with van der Waals surface area (Å²) >= 11 is 1.45. The summed E-state index contributed by atoms with van der Waals surface area (Å²) in [5.41, 5.74) is 1.36. The number of fused-ring (bicyclic) bond motifs is 1. The number of thiazole rings is 1. The van der Waals surface area contributed by atoms with Crippen molar-refractivity contribution in [2.75, 3.05) is 0 Å². The van der Waals surface area contributed by atoms with Gasteiger partial charge in [-0.05, 0) is 36.4 Å². The molecule has 4 aromatic rings. The number of aromatic nitrogens is 3. The van der Waals surface area contributed by atoms with Crippen LogP contribution in [0.3, 0.4) is 0 Å². The SMILES string of the molecule is O=c1c2ccccc2ncn1Cc1csc(COc2ccc(F)cc2)n1. The molecular weight excluding hydrogens is 353 g/mol. The molecule has 4 rings (SSSR count). The Morgan fingerprint density at radius 1 is 1.12 bits per heavy atom. The zero-order valence-electron chi connectivity index (χ0n) is 13.6. The number of rotatable bonds is 5. The molecule has 0 aliphatic heterocycles. The monoisotopic (exact) mass is 367 g/mol. The zero-order chi connectivity index (χ0) is 17.9. The van der Waals surface area contributed by atoms with Crippen molar-refractivity contribution in [2.45, 2.75) is 13.2 Å². The minimum atomic E-state index is -0.302. The molecule has 0 radical (unpaired) electrons. The van der Waals surface area contributed by atoms with Crippen LogP contribution in [-0.2, 0) is 13.2 Å². The normalized spacial score (nSPS) is 11.0. The molecule has 0 spiro atoms. The Labute approximate surface area is 152 Å². The zero-order valence-corrected chi connectivity index (χ0v) is 14.4. The summed E-state index contributed by atoms with van der Waals surface area (Å²) < 4.78 is 20.0. The van der Waals surface area contributed by atoms with Crippen LogP contribution in [0.2, 0.25) is 0 Å². The van der Waals surface area contributed by atoms with E-state index in [1.165, 1.54) is 23.5 Å². The van der Waals surface area contributed by atoms with Crippen LogP contribution in [-0.4, -0.2) is 14.5 Å². The molecule has 5 nitrogen and oxygen atoms in total. The predicted octanol–water partition coefficient (Wildman–Crippen LogP) is 3.62. The molecule has 2 aromatic carbocycles. The number of nitrogens with zero attached hydrogens (tertiary/aromatic N) is 3. The standard InChI is InChI=1S/C19H14FN3O2S/c20-13-5-7-15(8-6-13)25-10-18-22-14(11-26-18)9-23-12-21-17-4-2-1-3-16(17)19(23)24/h1-8,11-12H,9-10H2. The van der Waals surface area contributed by atoms with E-state index in [0.717, 1.165) is 10.7 Å². The fourth-order valence-corrected chi connectivity index (χ4v) is 3.25. The minimum absolute atomic E-state index is 0.0901. The van der Waals surface area contributed by atoms with Gasteiger partial charge in [-0.2, -0.15) is 0 Å². The van der Waals surface area contributed by atoms with Crippen molar-refractivity contribution in [1.29, 1.82) is 0 Å². The Balaban J connectivity index is 1.47. The highest BCUT2D eigenvalue weighted by molar-refractivity contribution is 7.09. The summed E-state index contributed by atoms with van der Waals surface area (Å²) in [6.07, 6.45) is 1.54. The van der Waals surface area contributed by atoms with E-state index >= 15 is 0 Å². The third kappa shape index (κ3) is 3.48. The van der Waals surface area contributed by atoms with Gasteiger partial charge in [0, 0.05) is 5.38 Å². The van der Waals surface area contributed by atoms with Crippen LogP contribution in [0.25, 0.3) is 10.9 Å². The summed E-state index contributed by atoms with van der Waals surface area (Å²) in [7, 11) is 0. The average Bonchev–Trinajstić information content (AvgIpc) is 3.11. The van der Waals surface area contributed by atoms with E-state index in [9.17, 15) is 9.18 Å². The van der Waals surface area contributed by atoms with Crippen LogP contribution in [0, 0.1) is 5.82 Å². The van der Waals surface area contributed by atoms with E-state index in [4.69, 9.17) is 4.74 Å². The van der Waals surface area contributed by atoms with Crippen molar-refractivity contribution >= 4 is 22.2 Å². The van der Waals surface area contributed by atoms with E-state index in [1.54, 1.807) is 29.1 Å². The van der Waals surface area contributed by atoms with Gasteiger partial charge in [0.25, 0.3) is 5.56 Å². The van der Waals surface area contributed by atoms with Gasteiger partial charge in [-0.25, -0.2) is 14.4 Å². The highest BCUT2D eigenvalue weighted by Crippen LogP contribution is 2.16. The molecule has 0 atom stereocenters. The average molecular weight is 367 g/mol. The van der Waals surface area contributed by atoms with Crippen LogP contribution in [0.15, 0.2) is 65.0 Å². The summed E-state index contributed by atoms with van der Waals surface area (Å²) in [5, 5.41) is 3.27. The maximum absolute atomic E-state index is 12.9. The molecule has 0 bridgehead atoms. The number of halogens is 1. The topological polar surface area (TPSA) is 57.0 Å². The molecule has 0 unspecified atom stereocenters. The highest BCUT2D eigenvalue weighted by Gasteiger charge is 2.08. The molecule has 0 amide bonds. The fraction of sp³-hybridized carbons (Fsp3) is 0.105. The third-order valence-electron chi connectivity index (χ3n) is 3.84. The van der Waals surface area contributed by atoms with Gasteiger partial charge in [-0.15, -0.1) is 11.3 Å². The number of hydrogen-bond donors (Lipinski definition) is 0. The molecule has 2 aromatic heterocycles. The largest absolute Gasteiger partial charge is 0.486 e. The number of para-hydroxylation sites is 1. The quantitative estimate of drug-likeness (QED) is 0.541. The lowest BCUT2D eigenvalue weighted by Crippen LogP contribution is -2.21. The van der Waals surface area contributed by atoms with E-state index in [0.29, 0.717) is 29.8 Å². The molecule has 0 saturated heterocycles. The molecule has 26 heavy (non-hydrogen) atoms. The lowest BCUT2D eigenvalue weighted by molar-refractivity contribution is 0.305. The van der Waals surface area contributed by atoms with Crippen molar-refractivity contribution < 1.29 is 9.13 Å². The Morgan fingerprint density at radius 2 is 1.92 bits per heavy atom. The first kappa shape index (κ1) is 16.4.